The smallest absolute Gasteiger partial charge is 0.340 e. The molecule has 1 atom stereocenters. The first-order valence-electron chi connectivity index (χ1n) is 8.89. The van der Waals surface area contributed by atoms with Crippen LogP contribution < -0.4 is 15.1 Å². The van der Waals surface area contributed by atoms with Gasteiger partial charge < -0.3 is 13.7 Å². The first kappa shape index (κ1) is 18.8. The Kier molecular flexibility index (Phi) is 4.99. The molecule has 8 heteroatoms. The van der Waals surface area contributed by atoms with Crippen LogP contribution in [0.1, 0.15) is 29.5 Å². The fraction of sp³-hybridized carbons (Fsp3) is 0.300. The topological polar surface area (TPSA) is 87.4 Å². The lowest BCUT2D eigenvalue weighted by Gasteiger charge is -2.12. The molecule has 6 nitrogen and oxygen atoms in total. The number of hydrogen-bond acceptors (Lipinski definition) is 6. The third kappa shape index (κ3) is 3.83. The highest BCUT2D eigenvalue weighted by molar-refractivity contribution is 7.92. The van der Waals surface area contributed by atoms with Gasteiger partial charge in [0, 0.05) is 29.6 Å². The molecule has 146 valence electrons. The number of rotatable bonds is 6. The van der Waals surface area contributed by atoms with Crippen LogP contribution in [0.4, 0.5) is 10.2 Å². The van der Waals surface area contributed by atoms with Crippen LogP contribution >= 0.6 is 0 Å². The molecule has 1 aromatic carbocycles. The number of ether oxygens (including phenoxy) is 1. The van der Waals surface area contributed by atoms with Crippen LogP contribution in [-0.2, 0) is 17.8 Å². The zero-order chi connectivity index (χ0) is 19.8. The van der Waals surface area contributed by atoms with Gasteiger partial charge in [-0.2, -0.15) is 4.72 Å². The molecule has 1 N–H and O–H groups in total. The maximum atomic E-state index is 14.7. The maximum Gasteiger partial charge on any atom is 0.340 e. The Bertz CT molecular complexity index is 1100. The lowest BCUT2D eigenvalue weighted by atomic mass is 10.00. The van der Waals surface area contributed by atoms with Gasteiger partial charge in [-0.05, 0) is 49.1 Å². The molecule has 0 amide bonds. The zero-order valence-electron chi connectivity index (χ0n) is 15.5. The summed E-state index contributed by atoms with van der Waals surface area (Å²) < 4.78 is 39.7. The monoisotopic (exact) mass is 402 g/mol. The molecule has 0 radical (unpaired) electrons. The average Bonchev–Trinajstić information content (AvgIpc) is 3.45. The van der Waals surface area contributed by atoms with E-state index in [0.29, 0.717) is 16.9 Å². The van der Waals surface area contributed by atoms with Crippen molar-refractivity contribution in [3.63, 3.8) is 0 Å². The van der Waals surface area contributed by atoms with Crippen LogP contribution in [0, 0.1) is 12.7 Å². The first-order valence-corrected chi connectivity index (χ1v) is 10.4. The largest absolute Gasteiger partial charge is 0.593 e. The zero-order valence-corrected chi connectivity index (χ0v) is 16.3. The molecule has 0 saturated heterocycles. The van der Waals surface area contributed by atoms with Crippen molar-refractivity contribution in [1.29, 1.82) is 0 Å². The van der Waals surface area contributed by atoms with Crippen molar-refractivity contribution < 1.29 is 18.1 Å². The first-order chi connectivity index (χ1) is 13.4. The molecule has 0 bridgehead atoms. The molecule has 28 heavy (non-hydrogen) atoms. The van der Waals surface area contributed by atoms with Crippen LogP contribution in [0.25, 0.3) is 11.0 Å². The van der Waals surface area contributed by atoms with Gasteiger partial charge in [0.05, 0.1) is 17.5 Å². The van der Waals surface area contributed by atoms with Crippen molar-refractivity contribution in [1.82, 2.24) is 4.98 Å². The van der Waals surface area contributed by atoms with Gasteiger partial charge >= 0.3 is 5.63 Å². The molecule has 0 spiro atoms. The van der Waals surface area contributed by atoms with E-state index in [1.165, 1.54) is 18.5 Å². The van der Waals surface area contributed by atoms with Crippen LogP contribution in [0.2, 0.25) is 0 Å². The third-order valence-electron chi connectivity index (χ3n) is 4.66. The van der Waals surface area contributed by atoms with Crippen molar-refractivity contribution in [3.8, 4) is 5.75 Å². The highest BCUT2D eigenvalue weighted by atomic mass is 32.2. The van der Waals surface area contributed by atoms with E-state index in [1.54, 1.807) is 6.07 Å². The number of anilines is 1. The van der Waals surface area contributed by atoms with Gasteiger partial charge in [-0.1, -0.05) is 0 Å². The second kappa shape index (κ2) is 7.44. The number of fused-ring (bicyclic) bond motifs is 1. The molecule has 2 heterocycles. The Labute approximate surface area is 164 Å². The molecule has 2 aromatic heterocycles. The van der Waals surface area contributed by atoms with Crippen molar-refractivity contribution >= 4 is 28.1 Å². The summed E-state index contributed by atoms with van der Waals surface area (Å²) in [5, 5.41) is 0.778. The van der Waals surface area contributed by atoms with E-state index in [9.17, 15) is 13.7 Å². The lowest BCUT2D eigenvalue weighted by Crippen LogP contribution is -2.15. The van der Waals surface area contributed by atoms with E-state index in [0.717, 1.165) is 23.8 Å². The van der Waals surface area contributed by atoms with E-state index >= 15 is 0 Å². The number of aromatic nitrogens is 1. The van der Waals surface area contributed by atoms with Crippen LogP contribution in [0.3, 0.4) is 0 Å². The van der Waals surface area contributed by atoms with Crippen molar-refractivity contribution in [3.05, 3.63) is 63.4 Å². The normalized spacial score (nSPS) is 14.9. The molecule has 1 aliphatic rings. The van der Waals surface area contributed by atoms with Gasteiger partial charge in [0.25, 0.3) is 0 Å². The molecule has 1 fully saturated rings. The molecule has 1 aliphatic carbocycles. The van der Waals surface area contributed by atoms with E-state index in [1.807, 2.05) is 19.1 Å². The minimum atomic E-state index is -1.46. The average molecular weight is 402 g/mol. The third-order valence-corrected chi connectivity index (χ3v) is 5.14. The molecule has 4 rings (SSSR count). The van der Waals surface area contributed by atoms with Crippen LogP contribution in [-0.4, -0.2) is 21.9 Å². The van der Waals surface area contributed by atoms with Gasteiger partial charge in [0.1, 0.15) is 17.6 Å². The van der Waals surface area contributed by atoms with E-state index in [4.69, 9.17) is 9.15 Å². The number of aryl methyl sites for hydroxylation is 1. The molecule has 3 aromatic rings. The summed E-state index contributed by atoms with van der Waals surface area (Å²) in [6.45, 7) is 1.81. The van der Waals surface area contributed by atoms with Gasteiger partial charge in [0.15, 0.2) is 5.82 Å². The summed E-state index contributed by atoms with van der Waals surface area (Å²) in [6, 6.07) is 6.92. The lowest BCUT2D eigenvalue weighted by molar-refractivity contribution is 0.303. The summed E-state index contributed by atoms with van der Waals surface area (Å²) >= 11 is -1.46. The Balaban J connectivity index is 1.70. The van der Waals surface area contributed by atoms with Crippen molar-refractivity contribution in [2.75, 3.05) is 11.0 Å². The van der Waals surface area contributed by atoms with E-state index in [-0.39, 0.29) is 23.9 Å². The second-order valence-electron chi connectivity index (χ2n) is 6.83. The Morgan fingerprint density at radius 3 is 2.89 bits per heavy atom. The number of nitrogens with one attached hydrogen (secondary N) is 1. The summed E-state index contributed by atoms with van der Waals surface area (Å²) in [6.07, 6.45) is 5.17. The quantitative estimate of drug-likeness (QED) is 0.502. The SMILES string of the molecule is Cc1c(Cc2ccnc(N[S+](C)[O-])c2F)c(=O)oc2cc(OC3CC3)ccc12. The van der Waals surface area contributed by atoms with E-state index < -0.39 is 22.8 Å². The molecular formula is C20H19FN2O4S. The Morgan fingerprint density at radius 1 is 1.39 bits per heavy atom. The summed E-state index contributed by atoms with van der Waals surface area (Å²) in [7, 11) is 0. The van der Waals surface area contributed by atoms with E-state index in [2.05, 4.69) is 9.71 Å². The van der Waals surface area contributed by atoms with Crippen LogP contribution in [0.5, 0.6) is 5.75 Å². The number of halogens is 1. The Hall–Kier alpha value is -2.58. The fourth-order valence-corrected chi connectivity index (χ4v) is 3.46. The van der Waals surface area contributed by atoms with Gasteiger partial charge in [-0.15, -0.1) is 0 Å². The Morgan fingerprint density at radius 2 is 2.18 bits per heavy atom. The van der Waals surface area contributed by atoms with Gasteiger partial charge in [-0.25, -0.2) is 14.2 Å². The number of benzene rings is 1. The number of hydrogen-bond donors (Lipinski definition) is 1. The van der Waals surface area contributed by atoms with Crippen molar-refractivity contribution in [2.45, 2.75) is 32.3 Å². The molecule has 0 aliphatic heterocycles. The predicted molar refractivity (Wildman–Crippen MR) is 106 cm³/mol. The van der Waals surface area contributed by atoms with Crippen LogP contribution in [0.15, 0.2) is 39.7 Å². The summed E-state index contributed by atoms with van der Waals surface area (Å²) in [4.78, 5) is 16.4. The fourth-order valence-electron chi connectivity index (χ4n) is 3.05. The minimum Gasteiger partial charge on any atom is -0.593 e. The number of pyridine rings is 1. The van der Waals surface area contributed by atoms with Gasteiger partial charge in [-0.3, -0.25) is 0 Å². The second-order valence-corrected chi connectivity index (χ2v) is 7.95. The highest BCUT2D eigenvalue weighted by Gasteiger charge is 2.24. The number of nitrogens with zero attached hydrogens (tertiary/aromatic N) is 1. The van der Waals surface area contributed by atoms with Gasteiger partial charge in [0.2, 0.25) is 5.82 Å². The maximum absolute atomic E-state index is 14.7. The minimum absolute atomic E-state index is 0.0455. The molecule has 1 saturated carbocycles. The van der Waals surface area contributed by atoms with Crippen molar-refractivity contribution in [2.24, 2.45) is 0 Å². The summed E-state index contributed by atoms with van der Waals surface area (Å²) in [5.74, 6) is -0.0680. The molecule has 1 unspecified atom stereocenters. The predicted octanol–water partition coefficient (Wildman–Crippen LogP) is 3.47. The highest BCUT2D eigenvalue weighted by Crippen LogP contribution is 2.30. The standard InChI is InChI=1S/C20H19FN2O4S/c1-11-15-6-5-14(26-13-3-4-13)10-17(15)27-20(24)16(11)9-12-7-8-22-19(18(12)21)23-28(2)25/h5-8,10,13H,3-4,9H2,1-2H3,(H,22,23). The summed E-state index contributed by atoms with van der Waals surface area (Å²) in [5.41, 5.74) is 1.30. The molecular weight excluding hydrogens is 383 g/mol.